The number of rotatable bonds is 10. The van der Waals surface area contributed by atoms with Crippen LogP contribution >= 0.6 is 0 Å². The van der Waals surface area contributed by atoms with Crippen LogP contribution in [0.1, 0.15) is 114 Å². The van der Waals surface area contributed by atoms with Crippen molar-refractivity contribution in [3.8, 4) is 0 Å². The smallest absolute Gasteiger partial charge is 0.00182 e. The minimum absolute atomic E-state index is 0.659. The summed E-state index contributed by atoms with van der Waals surface area (Å²) in [5.41, 5.74) is 3.05. The molecule has 2 atom stereocenters. The highest BCUT2D eigenvalue weighted by molar-refractivity contribution is 5.29. The van der Waals surface area contributed by atoms with Gasteiger partial charge in [-0.1, -0.05) is 102 Å². The summed E-state index contributed by atoms with van der Waals surface area (Å²) in [4.78, 5) is 0. The third kappa shape index (κ3) is 6.50. The van der Waals surface area contributed by atoms with Gasteiger partial charge in [0.2, 0.25) is 0 Å². The summed E-state index contributed by atoms with van der Waals surface area (Å²) < 4.78 is 0. The molecule has 0 radical (unpaired) electrons. The first kappa shape index (κ1) is 21.7. The van der Waals surface area contributed by atoms with Crippen LogP contribution in [-0.2, 0) is 6.42 Å². The van der Waals surface area contributed by atoms with Crippen LogP contribution in [-0.4, -0.2) is 0 Å². The molecule has 0 heterocycles. The minimum atomic E-state index is 0.659. The highest BCUT2D eigenvalue weighted by Crippen LogP contribution is 2.41. The number of benzene rings is 1. The Balaban J connectivity index is 1.43. The van der Waals surface area contributed by atoms with Crippen LogP contribution in [0.25, 0.3) is 0 Å². The first-order valence-electron chi connectivity index (χ1n) is 12.6. The molecule has 28 heavy (non-hydrogen) atoms. The zero-order chi connectivity index (χ0) is 19.6. The lowest BCUT2D eigenvalue weighted by Gasteiger charge is -2.35. The Morgan fingerprint density at radius 3 is 2.07 bits per heavy atom. The Morgan fingerprint density at radius 2 is 1.43 bits per heavy atom. The molecular formula is C28H44. The fraction of sp³-hybridized carbons (Fsp3) is 0.714. The summed E-state index contributed by atoms with van der Waals surface area (Å²) in [6.07, 6.45) is 24.9. The Morgan fingerprint density at radius 1 is 0.714 bits per heavy atom. The molecule has 0 aromatic heterocycles. The van der Waals surface area contributed by atoms with Gasteiger partial charge in [-0.05, 0) is 67.4 Å². The van der Waals surface area contributed by atoms with Gasteiger partial charge in [0, 0.05) is 5.92 Å². The first-order chi connectivity index (χ1) is 13.8. The van der Waals surface area contributed by atoms with Crippen molar-refractivity contribution >= 4 is 0 Å². The SMILES string of the molecule is CCCCCc1ccc(C2C=CC(C3CCC(CCCCC)CC3)CC2)cc1. The van der Waals surface area contributed by atoms with Gasteiger partial charge in [-0.2, -0.15) is 0 Å². The minimum Gasteiger partial charge on any atom is -0.0845 e. The molecule has 3 rings (SSSR count). The largest absolute Gasteiger partial charge is 0.0845 e. The van der Waals surface area contributed by atoms with Crippen molar-refractivity contribution in [1.29, 1.82) is 0 Å². The highest BCUT2D eigenvalue weighted by atomic mass is 14.3. The zero-order valence-electron chi connectivity index (χ0n) is 18.7. The van der Waals surface area contributed by atoms with Crippen molar-refractivity contribution in [2.75, 3.05) is 0 Å². The Kier molecular flexibility index (Phi) is 9.16. The molecule has 0 spiro atoms. The Bertz CT molecular complexity index is 558. The first-order valence-corrected chi connectivity index (χ1v) is 12.6. The molecule has 2 aliphatic carbocycles. The second-order valence-corrected chi connectivity index (χ2v) is 9.71. The normalized spacial score (nSPS) is 27.8. The van der Waals surface area contributed by atoms with Crippen LogP contribution in [0.2, 0.25) is 0 Å². The van der Waals surface area contributed by atoms with Crippen molar-refractivity contribution in [2.45, 2.75) is 110 Å². The molecule has 2 unspecified atom stereocenters. The van der Waals surface area contributed by atoms with Gasteiger partial charge in [-0.3, -0.25) is 0 Å². The molecule has 0 heteroatoms. The lowest BCUT2D eigenvalue weighted by atomic mass is 9.70. The monoisotopic (exact) mass is 380 g/mol. The maximum Gasteiger partial charge on any atom is 0.00182 e. The van der Waals surface area contributed by atoms with Gasteiger partial charge in [0.05, 0.1) is 0 Å². The molecule has 1 aromatic rings. The van der Waals surface area contributed by atoms with Crippen LogP contribution in [0.15, 0.2) is 36.4 Å². The lowest BCUT2D eigenvalue weighted by Crippen LogP contribution is -2.23. The van der Waals surface area contributed by atoms with Gasteiger partial charge in [0.25, 0.3) is 0 Å². The summed E-state index contributed by atoms with van der Waals surface area (Å²) in [5.74, 6) is 3.53. The third-order valence-electron chi connectivity index (χ3n) is 7.59. The van der Waals surface area contributed by atoms with E-state index in [1.807, 2.05) is 0 Å². The molecule has 156 valence electrons. The molecule has 0 N–H and O–H groups in total. The number of aryl methyl sites for hydroxylation is 1. The van der Waals surface area contributed by atoms with Gasteiger partial charge < -0.3 is 0 Å². The maximum absolute atomic E-state index is 2.60. The summed E-state index contributed by atoms with van der Waals surface area (Å²) >= 11 is 0. The van der Waals surface area contributed by atoms with Gasteiger partial charge in [-0.25, -0.2) is 0 Å². The molecule has 0 bridgehead atoms. The van der Waals surface area contributed by atoms with Crippen molar-refractivity contribution in [2.24, 2.45) is 17.8 Å². The molecule has 0 saturated heterocycles. The van der Waals surface area contributed by atoms with Crippen LogP contribution in [0.5, 0.6) is 0 Å². The summed E-state index contributed by atoms with van der Waals surface area (Å²) in [7, 11) is 0. The average molecular weight is 381 g/mol. The number of hydrogen-bond acceptors (Lipinski definition) is 0. The number of hydrogen-bond donors (Lipinski definition) is 0. The van der Waals surface area contributed by atoms with E-state index in [0.717, 1.165) is 17.8 Å². The molecule has 1 fully saturated rings. The molecular weight excluding hydrogens is 336 g/mol. The van der Waals surface area contributed by atoms with E-state index < -0.39 is 0 Å². The summed E-state index contributed by atoms with van der Waals surface area (Å²) in [6, 6.07) is 9.56. The van der Waals surface area contributed by atoms with E-state index in [1.54, 1.807) is 0 Å². The summed E-state index contributed by atoms with van der Waals surface area (Å²) in [5, 5.41) is 0. The van der Waals surface area contributed by atoms with Crippen LogP contribution in [0.3, 0.4) is 0 Å². The quantitative estimate of drug-likeness (QED) is 0.281. The number of unbranched alkanes of at least 4 members (excludes halogenated alkanes) is 4. The molecule has 1 aromatic carbocycles. The predicted octanol–water partition coefficient (Wildman–Crippen LogP) is 8.86. The second kappa shape index (κ2) is 11.8. The van der Waals surface area contributed by atoms with Crippen LogP contribution in [0, 0.1) is 17.8 Å². The van der Waals surface area contributed by atoms with E-state index in [4.69, 9.17) is 0 Å². The lowest BCUT2D eigenvalue weighted by molar-refractivity contribution is 0.207. The number of allylic oxidation sites excluding steroid dienone is 2. The molecule has 2 aliphatic rings. The second-order valence-electron chi connectivity index (χ2n) is 9.71. The maximum atomic E-state index is 2.60. The Labute approximate surface area is 175 Å². The third-order valence-corrected chi connectivity index (χ3v) is 7.59. The molecule has 0 aliphatic heterocycles. The van der Waals surface area contributed by atoms with Crippen molar-refractivity contribution < 1.29 is 0 Å². The van der Waals surface area contributed by atoms with Crippen LogP contribution < -0.4 is 0 Å². The molecule has 0 nitrogen and oxygen atoms in total. The van der Waals surface area contributed by atoms with Gasteiger partial charge >= 0.3 is 0 Å². The van der Waals surface area contributed by atoms with Gasteiger partial charge in [0.15, 0.2) is 0 Å². The summed E-state index contributed by atoms with van der Waals surface area (Å²) in [6.45, 7) is 4.60. The van der Waals surface area contributed by atoms with Gasteiger partial charge in [0.1, 0.15) is 0 Å². The fourth-order valence-corrected chi connectivity index (χ4v) is 5.61. The van der Waals surface area contributed by atoms with Gasteiger partial charge in [-0.15, -0.1) is 0 Å². The predicted molar refractivity (Wildman–Crippen MR) is 124 cm³/mol. The standard InChI is InChI=1S/C28H44/c1-3-5-7-9-23-11-15-25(16-12-23)27-19-21-28(22-20-27)26-17-13-24(14-18-26)10-8-6-4-2/h11-12,15-16,19,21,24,26-28H,3-10,13-14,17-18,20,22H2,1-2H3. The van der Waals surface area contributed by atoms with Crippen LogP contribution in [0.4, 0.5) is 0 Å². The van der Waals surface area contributed by atoms with Crippen molar-refractivity contribution in [3.05, 3.63) is 47.5 Å². The molecule has 1 saturated carbocycles. The highest BCUT2D eigenvalue weighted by Gasteiger charge is 2.28. The topological polar surface area (TPSA) is 0 Å². The van der Waals surface area contributed by atoms with Crippen molar-refractivity contribution in [3.63, 3.8) is 0 Å². The average Bonchev–Trinajstić information content (AvgIpc) is 2.75. The van der Waals surface area contributed by atoms with Crippen molar-refractivity contribution in [1.82, 2.24) is 0 Å². The van der Waals surface area contributed by atoms with E-state index >= 15 is 0 Å². The van der Waals surface area contributed by atoms with E-state index in [2.05, 4.69) is 50.3 Å². The zero-order valence-corrected chi connectivity index (χ0v) is 18.7. The van der Waals surface area contributed by atoms with E-state index in [0.29, 0.717) is 5.92 Å². The molecule has 0 amide bonds. The fourth-order valence-electron chi connectivity index (χ4n) is 5.61. The van der Waals surface area contributed by atoms with E-state index in [-0.39, 0.29) is 0 Å². The van der Waals surface area contributed by atoms with E-state index in [1.165, 1.54) is 101 Å². The van der Waals surface area contributed by atoms with E-state index in [9.17, 15) is 0 Å². The Hall–Kier alpha value is -1.04.